The van der Waals surface area contributed by atoms with E-state index in [1.807, 2.05) is 12.1 Å². The maximum atomic E-state index is 5.87. The largest absolute Gasteiger partial charge is 0.496 e. The molecule has 1 N–H and O–H groups in total. The molecule has 21 heavy (non-hydrogen) atoms. The van der Waals surface area contributed by atoms with Crippen LogP contribution in [0, 0.1) is 11.3 Å². The lowest BCUT2D eigenvalue weighted by Crippen LogP contribution is -2.67. The lowest BCUT2D eigenvalue weighted by atomic mass is 9.57. The van der Waals surface area contributed by atoms with Crippen LogP contribution in [0.5, 0.6) is 5.75 Å². The molecule has 1 saturated heterocycles. The third kappa shape index (κ3) is 2.58. The fourth-order valence-electron chi connectivity index (χ4n) is 4.23. The molecule has 1 saturated carbocycles. The minimum absolute atomic E-state index is 0.246. The summed E-state index contributed by atoms with van der Waals surface area (Å²) in [7, 11) is 1.74. The summed E-state index contributed by atoms with van der Waals surface area (Å²) in [5.74, 6) is 1.68. The first-order chi connectivity index (χ1) is 10.0. The second-order valence-corrected chi connectivity index (χ2v) is 7.13. The molecule has 4 atom stereocenters. The molecular formula is C18H27NO2. The Kier molecular flexibility index (Phi) is 3.98. The van der Waals surface area contributed by atoms with Gasteiger partial charge in [0.2, 0.25) is 0 Å². The van der Waals surface area contributed by atoms with E-state index >= 15 is 0 Å². The summed E-state index contributed by atoms with van der Waals surface area (Å²) in [6.07, 6.45) is 2.65. The number of fused-ring (bicyclic) bond motifs is 1. The van der Waals surface area contributed by atoms with Gasteiger partial charge in [-0.05, 0) is 31.4 Å². The van der Waals surface area contributed by atoms with Gasteiger partial charge < -0.3 is 14.8 Å². The Bertz CT molecular complexity index is 500. The molecule has 2 aliphatic rings. The minimum atomic E-state index is 0.246. The van der Waals surface area contributed by atoms with Crippen LogP contribution < -0.4 is 10.1 Å². The van der Waals surface area contributed by atoms with Crippen molar-refractivity contribution < 1.29 is 9.47 Å². The molecule has 1 aromatic carbocycles. The van der Waals surface area contributed by atoms with Crippen LogP contribution in [0.1, 0.15) is 32.8 Å². The summed E-state index contributed by atoms with van der Waals surface area (Å²) in [5, 5.41) is 3.84. The lowest BCUT2D eigenvalue weighted by molar-refractivity contribution is -0.115. The first-order valence-electron chi connectivity index (χ1n) is 8.03. The van der Waals surface area contributed by atoms with E-state index in [-0.39, 0.29) is 5.41 Å². The summed E-state index contributed by atoms with van der Waals surface area (Å²) in [6, 6.07) is 9.30. The third-order valence-electron chi connectivity index (χ3n) is 5.28. The molecule has 1 aromatic rings. The Hall–Kier alpha value is -1.06. The average Bonchev–Trinajstić information content (AvgIpc) is 2.92. The van der Waals surface area contributed by atoms with Gasteiger partial charge >= 0.3 is 0 Å². The number of hydrogen-bond acceptors (Lipinski definition) is 3. The number of hydrogen-bond donors (Lipinski definition) is 1. The Balaban J connectivity index is 1.63. The third-order valence-corrected chi connectivity index (χ3v) is 5.28. The highest BCUT2D eigenvalue weighted by Crippen LogP contribution is 2.52. The molecule has 2 fully saturated rings. The van der Waals surface area contributed by atoms with Gasteiger partial charge in [-0.1, -0.05) is 32.0 Å². The van der Waals surface area contributed by atoms with Crippen molar-refractivity contribution in [3.63, 3.8) is 0 Å². The Labute approximate surface area is 128 Å². The van der Waals surface area contributed by atoms with Crippen molar-refractivity contribution in [2.24, 2.45) is 11.3 Å². The number of rotatable bonds is 5. The number of methoxy groups -OCH3 is 1. The molecule has 0 radical (unpaired) electrons. The predicted octanol–water partition coefficient (Wildman–Crippen LogP) is 3.03. The Morgan fingerprint density at radius 1 is 1.38 bits per heavy atom. The molecule has 1 aliphatic carbocycles. The summed E-state index contributed by atoms with van der Waals surface area (Å²) in [4.78, 5) is 0. The Morgan fingerprint density at radius 2 is 2.14 bits per heavy atom. The molecule has 1 aliphatic heterocycles. The van der Waals surface area contributed by atoms with Gasteiger partial charge in [-0.15, -0.1) is 0 Å². The lowest BCUT2D eigenvalue weighted by Gasteiger charge is -2.55. The van der Waals surface area contributed by atoms with E-state index in [9.17, 15) is 0 Å². The van der Waals surface area contributed by atoms with Gasteiger partial charge in [-0.25, -0.2) is 0 Å². The zero-order valence-corrected chi connectivity index (χ0v) is 13.6. The van der Waals surface area contributed by atoms with E-state index in [2.05, 4.69) is 38.2 Å². The number of para-hydroxylation sites is 1. The van der Waals surface area contributed by atoms with Gasteiger partial charge in [0, 0.05) is 30.0 Å². The molecule has 0 amide bonds. The quantitative estimate of drug-likeness (QED) is 0.904. The maximum absolute atomic E-state index is 5.87. The van der Waals surface area contributed by atoms with Crippen LogP contribution in [0.2, 0.25) is 0 Å². The molecule has 0 bridgehead atoms. The summed E-state index contributed by atoms with van der Waals surface area (Å²) in [6.45, 7) is 7.85. The van der Waals surface area contributed by atoms with E-state index < -0.39 is 0 Å². The minimum Gasteiger partial charge on any atom is -0.496 e. The first-order valence-corrected chi connectivity index (χ1v) is 8.03. The fourth-order valence-corrected chi connectivity index (χ4v) is 4.23. The van der Waals surface area contributed by atoms with Gasteiger partial charge in [0.1, 0.15) is 5.75 Å². The summed E-state index contributed by atoms with van der Waals surface area (Å²) < 4.78 is 11.3. The molecule has 3 rings (SSSR count). The zero-order chi connectivity index (χ0) is 15.0. The Morgan fingerprint density at radius 3 is 2.90 bits per heavy atom. The molecular weight excluding hydrogens is 262 g/mol. The van der Waals surface area contributed by atoms with E-state index in [1.165, 1.54) is 12.0 Å². The topological polar surface area (TPSA) is 30.5 Å². The van der Waals surface area contributed by atoms with Crippen LogP contribution in [0.15, 0.2) is 24.3 Å². The number of ether oxygens (including phenoxy) is 2. The molecule has 3 heteroatoms. The maximum Gasteiger partial charge on any atom is 0.122 e. The number of benzene rings is 1. The van der Waals surface area contributed by atoms with E-state index in [0.29, 0.717) is 24.1 Å². The molecule has 1 heterocycles. The smallest absolute Gasteiger partial charge is 0.122 e. The monoisotopic (exact) mass is 289 g/mol. The summed E-state index contributed by atoms with van der Waals surface area (Å²) >= 11 is 0. The van der Waals surface area contributed by atoms with Crippen molar-refractivity contribution >= 4 is 0 Å². The van der Waals surface area contributed by atoms with Gasteiger partial charge in [-0.3, -0.25) is 0 Å². The van der Waals surface area contributed by atoms with Crippen LogP contribution in [0.4, 0.5) is 0 Å². The highest BCUT2D eigenvalue weighted by Gasteiger charge is 2.59. The molecule has 0 aromatic heterocycles. The van der Waals surface area contributed by atoms with Gasteiger partial charge in [0.25, 0.3) is 0 Å². The van der Waals surface area contributed by atoms with Crippen LogP contribution >= 0.6 is 0 Å². The second-order valence-electron chi connectivity index (χ2n) is 7.13. The van der Waals surface area contributed by atoms with Crippen molar-refractivity contribution in [2.75, 3.05) is 13.7 Å². The van der Waals surface area contributed by atoms with E-state index in [4.69, 9.17) is 9.47 Å². The van der Waals surface area contributed by atoms with Gasteiger partial charge in [0.15, 0.2) is 0 Å². The molecule has 4 unspecified atom stereocenters. The van der Waals surface area contributed by atoms with Crippen LogP contribution in [0.3, 0.4) is 0 Å². The molecule has 116 valence electrons. The van der Waals surface area contributed by atoms with E-state index in [0.717, 1.165) is 18.8 Å². The zero-order valence-electron chi connectivity index (χ0n) is 13.6. The SMILES string of the molecule is COc1ccccc1CC(C)NC1C2CCOC2C1(C)C. The highest BCUT2D eigenvalue weighted by atomic mass is 16.5. The van der Waals surface area contributed by atoms with Gasteiger partial charge in [-0.2, -0.15) is 0 Å². The highest BCUT2D eigenvalue weighted by molar-refractivity contribution is 5.33. The van der Waals surface area contributed by atoms with Crippen LogP contribution in [-0.2, 0) is 11.2 Å². The summed E-state index contributed by atoms with van der Waals surface area (Å²) in [5.41, 5.74) is 1.52. The van der Waals surface area contributed by atoms with Crippen LogP contribution in [-0.4, -0.2) is 31.9 Å². The van der Waals surface area contributed by atoms with Crippen molar-refractivity contribution in [3.05, 3.63) is 29.8 Å². The van der Waals surface area contributed by atoms with Crippen LogP contribution in [0.25, 0.3) is 0 Å². The van der Waals surface area contributed by atoms with Crippen molar-refractivity contribution in [3.8, 4) is 5.75 Å². The van der Waals surface area contributed by atoms with Gasteiger partial charge in [0.05, 0.1) is 13.2 Å². The standard InChI is InChI=1S/C18H27NO2/c1-12(11-13-7-5-6-8-15(13)20-4)19-16-14-9-10-21-17(14)18(16,2)3/h5-8,12,14,16-17,19H,9-11H2,1-4H3. The first kappa shape index (κ1) is 14.9. The predicted molar refractivity (Wildman–Crippen MR) is 84.7 cm³/mol. The average molecular weight is 289 g/mol. The normalized spacial score (nSPS) is 31.3. The van der Waals surface area contributed by atoms with Crippen molar-refractivity contribution in [1.82, 2.24) is 5.32 Å². The molecule has 3 nitrogen and oxygen atoms in total. The van der Waals surface area contributed by atoms with Crippen molar-refractivity contribution in [1.29, 1.82) is 0 Å². The van der Waals surface area contributed by atoms with Crippen molar-refractivity contribution in [2.45, 2.75) is 51.8 Å². The van der Waals surface area contributed by atoms with E-state index in [1.54, 1.807) is 7.11 Å². The second kappa shape index (κ2) is 5.62. The molecule has 0 spiro atoms. The number of nitrogens with one attached hydrogen (secondary N) is 1. The fraction of sp³-hybridized carbons (Fsp3) is 0.667.